The van der Waals surface area contributed by atoms with E-state index in [1.54, 1.807) is 18.2 Å². The number of benzene rings is 2. The van der Waals surface area contributed by atoms with Crippen LogP contribution in [0.15, 0.2) is 71.3 Å². The first-order chi connectivity index (χ1) is 14.4. The van der Waals surface area contributed by atoms with Crippen LogP contribution in [0.25, 0.3) is 0 Å². The number of halogens is 2. The number of allylic oxidation sites excluding steroid dienone is 2. The minimum Gasteiger partial charge on any atom is -0.465 e. The molecule has 0 saturated heterocycles. The predicted octanol–water partition coefficient (Wildman–Crippen LogP) is 4.85. The topological polar surface area (TPSA) is 78.6 Å². The molecule has 2 atom stereocenters. The molecule has 2 aliphatic rings. The Balaban J connectivity index is 1.85. The third-order valence-electron chi connectivity index (χ3n) is 5.49. The minimum absolute atomic E-state index is 0.0359. The van der Waals surface area contributed by atoms with Crippen LogP contribution in [0.3, 0.4) is 0 Å². The zero-order chi connectivity index (χ0) is 21.4. The molecule has 0 unspecified atom stereocenters. The lowest BCUT2D eigenvalue weighted by Gasteiger charge is -2.35. The molecule has 7 heteroatoms. The van der Waals surface area contributed by atoms with Crippen molar-refractivity contribution >= 4 is 35.0 Å². The van der Waals surface area contributed by atoms with E-state index in [2.05, 4.69) is 0 Å². The van der Waals surface area contributed by atoms with Gasteiger partial charge in [-0.3, -0.25) is 4.79 Å². The van der Waals surface area contributed by atoms with E-state index < -0.39 is 11.9 Å². The molecule has 2 aromatic rings. The van der Waals surface area contributed by atoms with Crippen LogP contribution in [0.2, 0.25) is 10.0 Å². The second-order valence-electron chi connectivity index (χ2n) is 7.25. The highest BCUT2D eigenvalue weighted by atomic mass is 35.5. The SMILES string of the molecule is COC(=O)C1=C(N)OC2=C(C(=O)C[C@@H](c3ccccc3)C2)[C@@H]1c1ccc(Cl)cc1Cl. The average Bonchev–Trinajstić information content (AvgIpc) is 2.73. The van der Waals surface area contributed by atoms with E-state index >= 15 is 0 Å². The summed E-state index contributed by atoms with van der Waals surface area (Å²) in [5, 5.41) is 0.772. The number of Topliss-reactive ketones (excluding diaryl/α,β-unsaturated/α-hetero) is 1. The van der Waals surface area contributed by atoms with Crippen LogP contribution in [-0.4, -0.2) is 18.9 Å². The fourth-order valence-electron chi connectivity index (χ4n) is 4.12. The summed E-state index contributed by atoms with van der Waals surface area (Å²) < 4.78 is 10.7. The summed E-state index contributed by atoms with van der Waals surface area (Å²) in [4.78, 5) is 25.9. The molecule has 0 saturated carbocycles. The molecule has 0 bridgehead atoms. The molecule has 4 rings (SSSR count). The highest BCUT2D eigenvalue weighted by molar-refractivity contribution is 6.35. The van der Waals surface area contributed by atoms with E-state index in [0.717, 1.165) is 5.56 Å². The first-order valence-corrected chi connectivity index (χ1v) is 10.2. The number of esters is 1. The van der Waals surface area contributed by atoms with Crippen molar-refractivity contribution in [3.8, 4) is 0 Å². The minimum atomic E-state index is -0.782. The van der Waals surface area contributed by atoms with E-state index in [9.17, 15) is 9.59 Å². The number of hydrogen-bond acceptors (Lipinski definition) is 5. The smallest absolute Gasteiger partial charge is 0.340 e. The van der Waals surface area contributed by atoms with Crippen molar-refractivity contribution in [2.45, 2.75) is 24.7 Å². The second-order valence-corrected chi connectivity index (χ2v) is 8.09. The lowest BCUT2D eigenvalue weighted by atomic mass is 9.73. The van der Waals surface area contributed by atoms with Gasteiger partial charge in [0.15, 0.2) is 5.78 Å². The largest absolute Gasteiger partial charge is 0.465 e. The van der Waals surface area contributed by atoms with Gasteiger partial charge in [0.1, 0.15) is 11.3 Å². The Hall–Kier alpha value is -2.76. The van der Waals surface area contributed by atoms with E-state index in [-0.39, 0.29) is 23.2 Å². The maximum Gasteiger partial charge on any atom is 0.340 e. The van der Waals surface area contributed by atoms with Crippen molar-refractivity contribution in [3.05, 3.63) is 92.5 Å². The molecule has 0 amide bonds. The lowest BCUT2D eigenvalue weighted by Crippen LogP contribution is -2.33. The van der Waals surface area contributed by atoms with Gasteiger partial charge in [0.05, 0.1) is 13.0 Å². The zero-order valence-electron chi connectivity index (χ0n) is 16.2. The van der Waals surface area contributed by atoms with Gasteiger partial charge in [-0.1, -0.05) is 59.6 Å². The summed E-state index contributed by atoms with van der Waals surface area (Å²) in [6.45, 7) is 0. The molecule has 1 heterocycles. The lowest BCUT2D eigenvalue weighted by molar-refractivity contribution is -0.136. The molecular formula is C23H19Cl2NO4. The van der Waals surface area contributed by atoms with Crippen molar-refractivity contribution in [1.29, 1.82) is 0 Å². The molecule has 2 N–H and O–H groups in total. The van der Waals surface area contributed by atoms with Crippen molar-refractivity contribution in [1.82, 2.24) is 0 Å². The van der Waals surface area contributed by atoms with E-state index in [0.29, 0.717) is 39.8 Å². The van der Waals surface area contributed by atoms with Crippen molar-refractivity contribution < 1.29 is 19.1 Å². The molecule has 0 spiro atoms. The van der Waals surface area contributed by atoms with Crippen molar-refractivity contribution in [2.75, 3.05) is 7.11 Å². The third kappa shape index (κ3) is 3.59. The van der Waals surface area contributed by atoms with Crippen LogP contribution in [0.1, 0.15) is 35.8 Å². The Labute approximate surface area is 184 Å². The Morgan fingerprint density at radius 3 is 2.53 bits per heavy atom. The number of nitrogens with two attached hydrogens (primary N) is 1. The second kappa shape index (κ2) is 8.17. The monoisotopic (exact) mass is 443 g/mol. The number of hydrogen-bond donors (Lipinski definition) is 1. The highest BCUT2D eigenvalue weighted by Crippen LogP contribution is 2.48. The van der Waals surface area contributed by atoms with Gasteiger partial charge in [0.2, 0.25) is 5.88 Å². The average molecular weight is 444 g/mol. The number of carbonyl (C=O) groups excluding carboxylic acids is 2. The molecule has 1 aliphatic heterocycles. The fourth-order valence-corrected chi connectivity index (χ4v) is 4.64. The molecule has 2 aromatic carbocycles. The molecule has 30 heavy (non-hydrogen) atoms. The third-order valence-corrected chi connectivity index (χ3v) is 6.05. The molecule has 154 valence electrons. The van der Waals surface area contributed by atoms with Crippen LogP contribution >= 0.6 is 23.2 Å². The predicted molar refractivity (Wildman–Crippen MR) is 114 cm³/mol. The van der Waals surface area contributed by atoms with Crippen LogP contribution < -0.4 is 5.73 Å². The van der Waals surface area contributed by atoms with Gasteiger partial charge in [-0.2, -0.15) is 0 Å². The van der Waals surface area contributed by atoms with Gasteiger partial charge in [-0.05, 0) is 29.2 Å². The maximum atomic E-state index is 13.3. The summed E-state index contributed by atoms with van der Waals surface area (Å²) in [5.74, 6) is -1.23. The maximum absolute atomic E-state index is 13.3. The summed E-state index contributed by atoms with van der Waals surface area (Å²) in [7, 11) is 1.25. The van der Waals surface area contributed by atoms with E-state index in [1.807, 2.05) is 30.3 Å². The van der Waals surface area contributed by atoms with Crippen LogP contribution in [-0.2, 0) is 19.1 Å². The summed E-state index contributed by atoms with van der Waals surface area (Å²) in [6.07, 6.45) is 0.782. The fraction of sp³-hybridized carbons (Fsp3) is 0.217. The first-order valence-electron chi connectivity index (χ1n) is 9.42. The number of ketones is 1. The van der Waals surface area contributed by atoms with E-state index in [1.165, 1.54) is 7.11 Å². The van der Waals surface area contributed by atoms with Gasteiger partial charge < -0.3 is 15.2 Å². The summed E-state index contributed by atoms with van der Waals surface area (Å²) in [6, 6.07) is 14.7. The molecule has 0 fully saturated rings. The van der Waals surface area contributed by atoms with Crippen LogP contribution in [0.5, 0.6) is 0 Å². The Morgan fingerprint density at radius 2 is 1.87 bits per heavy atom. The number of ether oxygens (including phenoxy) is 2. The van der Waals surface area contributed by atoms with Crippen molar-refractivity contribution in [3.63, 3.8) is 0 Å². The van der Waals surface area contributed by atoms with Gasteiger partial charge in [-0.25, -0.2) is 4.79 Å². The molecule has 5 nitrogen and oxygen atoms in total. The number of carbonyl (C=O) groups is 2. The molecule has 1 aliphatic carbocycles. The molecule has 0 radical (unpaired) electrons. The zero-order valence-corrected chi connectivity index (χ0v) is 17.7. The standard InChI is InChI=1S/C23H19Cl2NO4/c1-29-23(28)21-19(15-8-7-14(24)11-16(15)25)20-17(27)9-13(10-18(20)30-22(21)26)12-5-3-2-4-6-12/h2-8,11,13,19H,9-10,26H2,1H3/t13-,19+/m1/s1. The normalized spacial score (nSPS) is 21.2. The Kier molecular flexibility index (Phi) is 5.58. The van der Waals surface area contributed by atoms with Crippen LogP contribution in [0, 0.1) is 0 Å². The summed E-state index contributed by atoms with van der Waals surface area (Å²) in [5.41, 5.74) is 8.19. The number of methoxy groups -OCH3 is 1. The Bertz CT molecular complexity index is 1090. The van der Waals surface area contributed by atoms with Gasteiger partial charge >= 0.3 is 5.97 Å². The molecule has 0 aromatic heterocycles. The highest BCUT2D eigenvalue weighted by Gasteiger charge is 2.43. The van der Waals surface area contributed by atoms with Gasteiger partial charge in [0, 0.05) is 28.5 Å². The van der Waals surface area contributed by atoms with Crippen molar-refractivity contribution in [2.24, 2.45) is 5.73 Å². The first kappa shape index (κ1) is 20.5. The van der Waals surface area contributed by atoms with Gasteiger partial charge in [0.25, 0.3) is 0 Å². The van der Waals surface area contributed by atoms with Gasteiger partial charge in [-0.15, -0.1) is 0 Å². The number of rotatable bonds is 3. The quantitative estimate of drug-likeness (QED) is 0.685. The molecular weight excluding hydrogens is 425 g/mol. The summed E-state index contributed by atoms with van der Waals surface area (Å²) >= 11 is 12.5. The Morgan fingerprint density at radius 1 is 1.13 bits per heavy atom. The van der Waals surface area contributed by atoms with E-state index in [4.69, 9.17) is 38.4 Å². The van der Waals surface area contributed by atoms with Crippen LogP contribution in [0.4, 0.5) is 0 Å².